The largest absolute Gasteiger partial charge is 0.446 e. The van der Waals surface area contributed by atoms with Crippen LogP contribution >= 0.6 is 11.6 Å². The van der Waals surface area contributed by atoms with Crippen molar-refractivity contribution in [3.8, 4) is 0 Å². The van der Waals surface area contributed by atoms with Crippen molar-refractivity contribution in [3.05, 3.63) is 118 Å². The van der Waals surface area contributed by atoms with E-state index in [1.54, 1.807) is 4.90 Å². The number of pyridine rings is 1. The van der Waals surface area contributed by atoms with Crippen LogP contribution in [0.1, 0.15) is 78.2 Å². The fourth-order valence-corrected chi connectivity index (χ4v) is 8.14. The summed E-state index contributed by atoms with van der Waals surface area (Å²) >= 11 is 6.52. The highest BCUT2D eigenvalue weighted by molar-refractivity contribution is 6.30. The molecule has 3 heterocycles. The van der Waals surface area contributed by atoms with Gasteiger partial charge < -0.3 is 14.2 Å². The number of nitrogens with zero attached hydrogens (tertiary/aromatic N) is 6. The second kappa shape index (κ2) is 15.8. The van der Waals surface area contributed by atoms with E-state index in [-0.39, 0.29) is 24.1 Å². The molecule has 262 valence electrons. The number of carbonyl (C=O) groups is 2. The minimum Gasteiger partial charge on any atom is -0.446 e. The maximum Gasteiger partial charge on any atom is 0.410 e. The molecule has 2 amide bonds. The molecule has 0 N–H and O–H groups in total. The second-order valence-corrected chi connectivity index (χ2v) is 14.4. The van der Waals surface area contributed by atoms with Crippen molar-refractivity contribution < 1.29 is 14.3 Å². The molecule has 2 atom stereocenters. The molecule has 1 saturated carbocycles. The zero-order valence-electron chi connectivity index (χ0n) is 28.9. The summed E-state index contributed by atoms with van der Waals surface area (Å²) in [5.74, 6) is -0.0623. The summed E-state index contributed by atoms with van der Waals surface area (Å²) in [6.45, 7) is 5.13. The summed E-state index contributed by atoms with van der Waals surface area (Å²) < 4.78 is 8.25. The van der Waals surface area contributed by atoms with E-state index < -0.39 is 6.04 Å². The van der Waals surface area contributed by atoms with Gasteiger partial charge in [0.2, 0.25) is 5.91 Å². The second-order valence-electron chi connectivity index (χ2n) is 14.0. The van der Waals surface area contributed by atoms with E-state index in [1.165, 1.54) is 17.5 Å². The molecule has 1 aliphatic heterocycles. The Morgan fingerprint density at radius 3 is 2.60 bits per heavy atom. The molecule has 50 heavy (non-hydrogen) atoms. The van der Waals surface area contributed by atoms with Crippen molar-refractivity contribution in [3.63, 3.8) is 0 Å². The minimum absolute atomic E-state index is 0.0623. The van der Waals surface area contributed by atoms with Crippen molar-refractivity contribution >= 4 is 23.6 Å². The molecule has 1 saturated heterocycles. The number of hydrogen-bond acceptors (Lipinski definition) is 6. The van der Waals surface area contributed by atoms with Crippen LogP contribution in [0, 0.1) is 6.92 Å². The monoisotopic (exact) mass is 694 g/mol. The molecule has 3 aliphatic rings. The Bertz CT molecular complexity index is 1770. The molecule has 0 bridgehead atoms. The number of hydrogen-bond donors (Lipinski definition) is 0. The number of ether oxygens (including phenoxy) is 1. The summed E-state index contributed by atoms with van der Waals surface area (Å²) in [6.07, 6.45) is 12.6. The van der Waals surface area contributed by atoms with Gasteiger partial charge in [0.25, 0.3) is 0 Å². The van der Waals surface area contributed by atoms with Crippen LogP contribution in [0.25, 0.3) is 0 Å². The zero-order chi connectivity index (χ0) is 34.5. The molecule has 4 aromatic rings. The Hall–Kier alpha value is -4.21. The zero-order valence-corrected chi connectivity index (χ0v) is 29.7. The lowest BCUT2D eigenvalue weighted by molar-refractivity contribution is -0.140. The van der Waals surface area contributed by atoms with E-state index in [9.17, 15) is 9.59 Å². The average Bonchev–Trinajstić information content (AvgIpc) is 3.48. The Morgan fingerprint density at radius 1 is 0.980 bits per heavy atom. The van der Waals surface area contributed by atoms with Gasteiger partial charge in [-0.25, -0.2) is 9.78 Å². The third-order valence-corrected chi connectivity index (χ3v) is 10.9. The van der Waals surface area contributed by atoms with Gasteiger partial charge in [-0.1, -0.05) is 60.5 Å². The van der Waals surface area contributed by atoms with Gasteiger partial charge in [-0.05, 0) is 92.3 Å². The lowest BCUT2D eigenvalue weighted by Gasteiger charge is -2.45. The van der Waals surface area contributed by atoms with E-state index in [0.717, 1.165) is 74.0 Å². The van der Waals surface area contributed by atoms with Crippen molar-refractivity contribution in [2.45, 2.75) is 89.6 Å². The molecule has 2 aromatic carbocycles. The Kier molecular flexibility index (Phi) is 10.8. The minimum atomic E-state index is -0.718. The van der Waals surface area contributed by atoms with E-state index >= 15 is 0 Å². The average molecular weight is 695 g/mol. The highest BCUT2D eigenvalue weighted by Gasteiger charge is 2.42. The first kappa shape index (κ1) is 34.2. The van der Waals surface area contributed by atoms with E-state index in [4.69, 9.17) is 21.3 Å². The molecule has 2 aliphatic carbocycles. The van der Waals surface area contributed by atoms with Gasteiger partial charge in [-0.3, -0.25) is 19.6 Å². The van der Waals surface area contributed by atoms with Crippen LogP contribution in [-0.2, 0) is 35.5 Å². The number of carbonyl (C=O) groups excluding carboxylic acids is 2. The molecule has 10 heteroatoms. The van der Waals surface area contributed by atoms with Crippen LogP contribution in [0.15, 0.2) is 79.4 Å². The topological polar surface area (TPSA) is 83.8 Å². The van der Waals surface area contributed by atoms with Gasteiger partial charge in [0.15, 0.2) is 0 Å². The third kappa shape index (κ3) is 7.74. The fraction of sp³-hybridized carbons (Fsp3) is 0.450. The summed E-state index contributed by atoms with van der Waals surface area (Å²) in [6, 6.07) is 19.5. The Balaban J connectivity index is 1.21. The van der Waals surface area contributed by atoms with Crippen LogP contribution in [0.5, 0.6) is 0 Å². The van der Waals surface area contributed by atoms with Crippen molar-refractivity contribution in [2.24, 2.45) is 0 Å². The molecule has 2 fully saturated rings. The third-order valence-electron chi connectivity index (χ3n) is 10.6. The number of aryl methyl sites for hydroxylation is 4. The first-order chi connectivity index (χ1) is 24.4. The maximum atomic E-state index is 15.0. The molecular weight excluding hydrogens is 648 g/mol. The van der Waals surface area contributed by atoms with E-state index in [2.05, 4.69) is 44.8 Å². The molecule has 0 unspecified atom stereocenters. The molecule has 9 nitrogen and oxygen atoms in total. The Labute approximate surface area is 300 Å². The number of rotatable bonds is 9. The summed E-state index contributed by atoms with van der Waals surface area (Å²) in [4.78, 5) is 44.2. The number of fused-ring (bicyclic) bond motifs is 2. The number of piperazine rings is 1. The first-order valence-corrected chi connectivity index (χ1v) is 18.6. The number of benzene rings is 2. The van der Waals surface area contributed by atoms with E-state index in [0.29, 0.717) is 37.7 Å². The highest BCUT2D eigenvalue weighted by atomic mass is 35.5. The Morgan fingerprint density at radius 2 is 1.80 bits per heavy atom. The standard InChI is InChI=1S/C40H47ClN6O3/c1-29-25-42-28-46(29)21-9-20-45(26-30-10-4-2-5-11-30)39(48)36-27-44(22-23-47(36)40(49)50-34-13-6-3-7-14-34)38-35-18-17-33(41)24-32(35)16-15-31-12-8-19-43-37(31)38/h2,4-5,8,10-12,17-19,24-25,28,34,36,38H,3,6-7,9,13-16,20-23,26-27H2,1H3/t36-,38+/m1/s1. The molecular formula is C40H47ClN6O3. The first-order valence-electron chi connectivity index (χ1n) is 18.2. The van der Waals surface area contributed by atoms with Crippen molar-refractivity contribution in [2.75, 3.05) is 26.2 Å². The SMILES string of the molecule is Cc1cncn1CCCN(Cc1ccccc1)C(=O)[C@H]1CN([C@H]2c3ccc(Cl)cc3CCc3cccnc32)CCN1C(=O)OC1CCCCC1. The van der Waals surface area contributed by atoms with Crippen molar-refractivity contribution in [1.29, 1.82) is 0 Å². The quantitative estimate of drug-likeness (QED) is 0.188. The van der Waals surface area contributed by atoms with Gasteiger partial charge in [0.05, 0.1) is 18.1 Å². The van der Waals surface area contributed by atoms with Crippen LogP contribution < -0.4 is 0 Å². The predicted octanol–water partition coefficient (Wildman–Crippen LogP) is 7.00. The van der Waals surface area contributed by atoms with Crippen molar-refractivity contribution in [1.82, 2.24) is 29.2 Å². The normalized spacial score (nSPS) is 19.7. The summed E-state index contributed by atoms with van der Waals surface area (Å²) in [5.41, 5.74) is 6.71. The summed E-state index contributed by atoms with van der Waals surface area (Å²) in [5, 5.41) is 0.715. The smallest absolute Gasteiger partial charge is 0.410 e. The number of halogens is 1. The van der Waals surface area contributed by atoms with Crippen LogP contribution in [0.2, 0.25) is 5.02 Å². The maximum absolute atomic E-state index is 15.0. The molecule has 2 aromatic heterocycles. The van der Waals surface area contributed by atoms with Gasteiger partial charge in [-0.15, -0.1) is 0 Å². The van der Waals surface area contributed by atoms with Crippen LogP contribution in [0.3, 0.4) is 0 Å². The lowest BCUT2D eigenvalue weighted by Crippen LogP contribution is -2.62. The van der Waals surface area contributed by atoms with E-state index in [1.807, 2.05) is 60.9 Å². The predicted molar refractivity (Wildman–Crippen MR) is 194 cm³/mol. The molecule has 0 radical (unpaired) electrons. The molecule has 0 spiro atoms. The number of aromatic nitrogens is 3. The number of imidazole rings is 1. The highest BCUT2D eigenvalue weighted by Crippen LogP contribution is 2.38. The number of amides is 2. The van der Waals surface area contributed by atoms with Gasteiger partial charge >= 0.3 is 6.09 Å². The van der Waals surface area contributed by atoms with Crippen LogP contribution in [0.4, 0.5) is 4.79 Å². The van der Waals surface area contributed by atoms with Gasteiger partial charge in [0, 0.05) is 62.4 Å². The molecule has 7 rings (SSSR count). The lowest BCUT2D eigenvalue weighted by atomic mass is 9.95. The van der Waals surface area contributed by atoms with Gasteiger partial charge in [0.1, 0.15) is 12.1 Å². The van der Waals surface area contributed by atoms with Gasteiger partial charge in [-0.2, -0.15) is 0 Å². The van der Waals surface area contributed by atoms with Crippen LogP contribution in [-0.4, -0.2) is 79.6 Å². The fourth-order valence-electron chi connectivity index (χ4n) is 7.95. The summed E-state index contributed by atoms with van der Waals surface area (Å²) in [7, 11) is 0.